The second-order valence-electron chi connectivity index (χ2n) is 8.91. The van der Waals surface area contributed by atoms with Crippen molar-refractivity contribution in [3.05, 3.63) is 47.6 Å². The molecule has 0 radical (unpaired) electrons. The van der Waals surface area contributed by atoms with E-state index < -0.39 is 0 Å². The Kier molecular flexibility index (Phi) is 5.68. The Morgan fingerprint density at radius 1 is 1.36 bits per heavy atom. The number of nitrogens with zero attached hydrogens (tertiary/aromatic N) is 3. The van der Waals surface area contributed by atoms with Crippen LogP contribution in [-0.4, -0.2) is 51.5 Å². The Hall–Kier alpha value is -2.81. The monoisotopic (exact) mass is 470 g/mol. The van der Waals surface area contributed by atoms with Gasteiger partial charge in [0.25, 0.3) is 0 Å². The van der Waals surface area contributed by atoms with E-state index in [0.29, 0.717) is 30.4 Å². The molecular weight excluding hydrogens is 443 g/mol. The van der Waals surface area contributed by atoms with Gasteiger partial charge in [0.15, 0.2) is 0 Å². The van der Waals surface area contributed by atoms with Gasteiger partial charge in [0, 0.05) is 4.90 Å². The first-order chi connectivity index (χ1) is 15.9. The normalized spacial score (nSPS) is 21.8. The fourth-order valence-electron chi connectivity index (χ4n) is 4.01. The van der Waals surface area contributed by atoms with Crippen LogP contribution < -0.4 is 10.1 Å². The Morgan fingerprint density at radius 2 is 2.18 bits per heavy atom. The van der Waals surface area contributed by atoms with E-state index in [1.807, 2.05) is 25.3 Å². The van der Waals surface area contributed by atoms with Gasteiger partial charge in [0.2, 0.25) is 5.88 Å². The van der Waals surface area contributed by atoms with Gasteiger partial charge in [-0.1, -0.05) is 19.4 Å². The summed E-state index contributed by atoms with van der Waals surface area (Å²) in [4.78, 5) is 23.9. The number of hydrogen-bond acceptors (Lipinski definition) is 7. The highest BCUT2D eigenvalue weighted by atomic mass is 32.2. The van der Waals surface area contributed by atoms with E-state index in [-0.39, 0.29) is 29.7 Å². The fraction of sp³-hybridized carbons (Fsp3) is 0.458. The van der Waals surface area contributed by atoms with Crippen molar-refractivity contribution in [1.82, 2.24) is 14.9 Å². The highest BCUT2D eigenvalue weighted by molar-refractivity contribution is 7.98. The van der Waals surface area contributed by atoms with Gasteiger partial charge < -0.3 is 14.8 Å². The molecule has 5 rings (SSSR count). The maximum atomic E-state index is 14.6. The van der Waals surface area contributed by atoms with Crippen molar-refractivity contribution in [2.45, 2.75) is 62.2 Å². The molecule has 2 aliphatic carbocycles. The number of anilines is 2. The molecule has 1 aromatic heterocycles. The van der Waals surface area contributed by atoms with Crippen molar-refractivity contribution >= 4 is 29.4 Å². The lowest BCUT2D eigenvalue weighted by Gasteiger charge is -2.22. The predicted octanol–water partition coefficient (Wildman–Crippen LogP) is 5.09. The minimum absolute atomic E-state index is 0.0250. The molecule has 2 unspecified atom stereocenters. The van der Waals surface area contributed by atoms with Crippen LogP contribution in [0.2, 0.25) is 0 Å². The minimum atomic E-state index is -0.342. The number of thioether (sulfide) groups is 1. The molecule has 7 nitrogen and oxygen atoms in total. The topological polar surface area (TPSA) is 76.6 Å². The molecule has 1 N–H and O–H groups in total. The molecular formula is C24H27FN4O3S. The summed E-state index contributed by atoms with van der Waals surface area (Å²) in [7, 11) is 0. The smallest absolute Gasteiger partial charge is 0.411 e. The van der Waals surface area contributed by atoms with Crippen LogP contribution in [0, 0.1) is 5.82 Å². The highest BCUT2D eigenvalue weighted by Crippen LogP contribution is 2.43. The van der Waals surface area contributed by atoms with Gasteiger partial charge in [0.1, 0.15) is 29.7 Å². The molecule has 2 heterocycles. The number of nitrogens with one attached hydrogen (secondary N) is 1. The molecule has 0 spiro atoms. The summed E-state index contributed by atoms with van der Waals surface area (Å²) in [5.41, 5.74) is 1.90. The molecule has 2 atom stereocenters. The minimum Gasteiger partial charge on any atom is -0.467 e. The Bertz CT molecular complexity index is 1120. The fourth-order valence-corrected chi connectivity index (χ4v) is 4.43. The number of carbonyl (C=O) groups excluding carboxylic acids is 1. The van der Waals surface area contributed by atoms with Gasteiger partial charge in [-0.25, -0.2) is 19.2 Å². The van der Waals surface area contributed by atoms with E-state index in [1.165, 1.54) is 24.2 Å². The van der Waals surface area contributed by atoms with Crippen LogP contribution in [0.1, 0.15) is 38.7 Å². The number of aromatic nitrogens is 2. The van der Waals surface area contributed by atoms with Crippen LogP contribution in [0.25, 0.3) is 0 Å². The van der Waals surface area contributed by atoms with Gasteiger partial charge in [-0.3, -0.25) is 4.90 Å². The molecule has 1 amide bonds. The van der Waals surface area contributed by atoms with E-state index in [9.17, 15) is 9.18 Å². The molecule has 0 bridgehead atoms. The average molecular weight is 471 g/mol. The number of benzene rings is 1. The molecule has 1 aliphatic heterocycles. The van der Waals surface area contributed by atoms with Crippen molar-refractivity contribution in [3.8, 4) is 5.88 Å². The van der Waals surface area contributed by atoms with Gasteiger partial charge in [-0.15, -0.1) is 11.8 Å². The molecule has 1 aromatic carbocycles. The van der Waals surface area contributed by atoms with Crippen molar-refractivity contribution in [2.75, 3.05) is 18.1 Å². The molecule has 3 aliphatic rings. The van der Waals surface area contributed by atoms with Crippen molar-refractivity contribution < 1.29 is 18.7 Å². The van der Waals surface area contributed by atoms with Gasteiger partial charge >= 0.3 is 6.09 Å². The number of ether oxygens (including phenoxy) is 2. The van der Waals surface area contributed by atoms with Gasteiger partial charge in [-0.2, -0.15) is 0 Å². The van der Waals surface area contributed by atoms with Crippen LogP contribution in [0.4, 0.5) is 20.7 Å². The summed E-state index contributed by atoms with van der Waals surface area (Å²) in [5, 5.41) is 3.11. The van der Waals surface area contributed by atoms with E-state index >= 15 is 0 Å². The first-order valence-electron chi connectivity index (χ1n) is 11.2. The number of fused-ring (bicyclic) bond motifs is 1. The molecule has 9 heteroatoms. The predicted molar refractivity (Wildman–Crippen MR) is 125 cm³/mol. The number of amides is 1. The van der Waals surface area contributed by atoms with E-state index in [0.717, 1.165) is 35.3 Å². The molecule has 1 saturated heterocycles. The number of halogens is 1. The Labute approximate surface area is 196 Å². The van der Waals surface area contributed by atoms with Crippen LogP contribution in [0.5, 0.6) is 5.88 Å². The third-order valence-electron chi connectivity index (χ3n) is 6.26. The summed E-state index contributed by atoms with van der Waals surface area (Å²) in [6, 6.07) is 5.05. The molecule has 2 aromatic rings. The van der Waals surface area contributed by atoms with Crippen LogP contribution in [0.15, 0.2) is 41.1 Å². The van der Waals surface area contributed by atoms with E-state index in [1.54, 1.807) is 11.0 Å². The largest absolute Gasteiger partial charge is 0.467 e. The first-order valence-corrected chi connectivity index (χ1v) is 12.5. The lowest BCUT2D eigenvalue weighted by Crippen LogP contribution is -2.37. The summed E-state index contributed by atoms with van der Waals surface area (Å²) in [5.74, 6) is 0.636. The highest BCUT2D eigenvalue weighted by Gasteiger charge is 2.51. The maximum absolute atomic E-state index is 14.6. The third kappa shape index (κ3) is 4.51. The van der Waals surface area contributed by atoms with Crippen molar-refractivity contribution in [1.29, 1.82) is 0 Å². The summed E-state index contributed by atoms with van der Waals surface area (Å²) >= 11 is 1.49. The van der Waals surface area contributed by atoms with Crippen molar-refractivity contribution in [2.24, 2.45) is 0 Å². The number of likely N-dealkylation sites (tertiary alicyclic amines) is 1. The second kappa shape index (κ2) is 8.52. The number of carbonyl (C=O) groups is 1. The van der Waals surface area contributed by atoms with Crippen LogP contribution >= 0.6 is 11.8 Å². The Morgan fingerprint density at radius 3 is 2.88 bits per heavy atom. The molecule has 1 saturated carbocycles. The summed E-state index contributed by atoms with van der Waals surface area (Å²) in [6.45, 7) is 4.44. The second-order valence-corrected chi connectivity index (χ2v) is 9.79. The average Bonchev–Trinajstić information content (AvgIpc) is 3.71. The molecule has 2 fully saturated rings. The number of rotatable bonds is 8. The summed E-state index contributed by atoms with van der Waals surface area (Å²) in [6.07, 6.45) is 8.12. The third-order valence-corrected chi connectivity index (χ3v) is 6.99. The molecule has 174 valence electrons. The first kappa shape index (κ1) is 22.0. The number of hydrogen-bond donors (Lipinski definition) is 1. The maximum Gasteiger partial charge on any atom is 0.411 e. The Balaban J connectivity index is 1.33. The zero-order valence-electron chi connectivity index (χ0n) is 18.9. The van der Waals surface area contributed by atoms with E-state index in [4.69, 9.17) is 9.47 Å². The standard InChI is InChI=1S/C24H27FN4O3S/c1-4-5-15-21(28-18-7-6-14(33-3)10-17(18)25)26-13-27-22(15)31-20-12-29(19-11-16(19)20)23(30)32-24(2)8-9-24/h6-7,10-11,13,19-20H,4-5,8-9,12H2,1-3H3,(H,26,27,28). The van der Waals surface area contributed by atoms with E-state index in [2.05, 4.69) is 22.2 Å². The van der Waals surface area contributed by atoms with Gasteiger partial charge in [-0.05, 0) is 56.2 Å². The quantitative estimate of drug-likeness (QED) is 0.425. The molecule has 33 heavy (non-hydrogen) atoms. The zero-order chi connectivity index (χ0) is 23.2. The van der Waals surface area contributed by atoms with Crippen LogP contribution in [-0.2, 0) is 11.2 Å². The van der Waals surface area contributed by atoms with Crippen molar-refractivity contribution in [3.63, 3.8) is 0 Å². The van der Waals surface area contributed by atoms with Crippen LogP contribution in [0.3, 0.4) is 0 Å². The lowest BCUT2D eigenvalue weighted by molar-refractivity contribution is 0.0574. The van der Waals surface area contributed by atoms with Gasteiger partial charge in [0.05, 0.1) is 23.8 Å². The SMILES string of the molecule is CCCc1c(Nc2ccc(SC)cc2F)ncnc1OC1CN(C(=O)OC2(C)CC2)C2C=C12. The summed E-state index contributed by atoms with van der Waals surface area (Å²) < 4.78 is 26.5. The zero-order valence-corrected chi connectivity index (χ0v) is 19.7. The lowest BCUT2D eigenvalue weighted by atomic mass is 10.1.